The third-order valence-electron chi connectivity index (χ3n) is 4.16. The molecule has 2 rings (SSSR count). The van der Waals surface area contributed by atoms with Crippen molar-refractivity contribution in [1.29, 1.82) is 0 Å². The van der Waals surface area contributed by atoms with Crippen LogP contribution in [0.15, 0.2) is 67.3 Å². The molecule has 2 aromatic carbocycles. The largest absolute Gasteiger partial charge is 0.489 e. The van der Waals surface area contributed by atoms with E-state index >= 15 is 0 Å². The average Bonchev–Trinajstić information content (AvgIpc) is 2.71. The molecule has 0 aliphatic carbocycles. The van der Waals surface area contributed by atoms with Crippen LogP contribution in [0, 0.1) is 0 Å². The highest BCUT2D eigenvalue weighted by molar-refractivity contribution is 5.29. The number of benzene rings is 2. The van der Waals surface area contributed by atoms with Crippen LogP contribution in [0.3, 0.4) is 0 Å². The number of hydrogen-bond acceptors (Lipinski definition) is 5. The van der Waals surface area contributed by atoms with Crippen molar-refractivity contribution in [2.75, 3.05) is 19.8 Å². The van der Waals surface area contributed by atoms with E-state index in [0.717, 1.165) is 16.9 Å². The van der Waals surface area contributed by atoms with E-state index in [-0.39, 0.29) is 12.6 Å². The number of aliphatic hydroxyl groups excluding tert-OH is 2. The highest BCUT2D eigenvalue weighted by Crippen LogP contribution is 2.21. The fraction of sp³-hybridized carbons (Fsp3) is 0.364. The number of nitrogens with one attached hydrogen (secondary N) is 1. The number of hydrogen-bond donors (Lipinski definition) is 3. The van der Waals surface area contributed by atoms with Gasteiger partial charge in [-0.2, -0.15) is 0 Å². The van der Waals surface area contributed by atoms with Crippen LogP contribution < -0.4 is 10.1 Å². The van der Waals surface area contributed by atoms with Gasteiger partial charge in [-0.3, -0.25) is 0 Å². The van der Waals surface area contributed by atoms with E-state index in [1.165, 1.54) is 0 Å². The van der Waals surface area contributed by atoms with E-state index in [4.69, 9.17) is 9.47 Å². The van der Waals surface area contributed by atoms with Gasteiger partial charge in [-0.25, -0.2) is 0 Å². The fourth-order valence-corrected chi connectivity index (χ4v) is 2.57. The van der Waals surface area contributed by atoms with Gasteiger partial charge in [0.2, 0.25) is 0 Å². The summed E-state index contributed by atoms with van der Waals surface area (Å²) in [6, 6.07) is 17.2. The zero-order valence-electron chi connectivity index (χ0n) is 15.8. The molecule has 2 aromatic rings. The SMILES string of the molecule is C=CCOCC(O)CNC(C)C(O)c1ccc(OCc2ccccc2)cc1. The lowest BCUT2D eigenvalue weighted by Gasteiger charge is -2.22. The van der Waals surface area contributed by atoms with Crippen LogP contribution in [-0.2, 0) is 11.3 Å². The summed E-state index contributed by atoms with van der Waals surface area (Å²) in [6.07, 6.45) is 0.322. The van der Waals surface area contributed by atoms with E-state index in [0.29, 0.717) is 19.8 Å². The fourth-order valence-electron chi connectivity index (χ4n) is 2.57. The molecule has 0 bridgehead atoms. The predicted octanol–water partition coefficient (Wildman–Crippen LogP) is 2.84. The number of aliphatic hydroxyl groups is 2. The van der Waals surface area contributed by atoms with Crippen molar-refractivity contribution in [3.8, 4) is 5.75 Å². The van der Waals surface area contributed by atoms with Crippen LogP contribution in [0.1, 0.15) is 24.2 Å². The summed E-state index contributed by atoms with van der Waals surface area (Å²) in [5.74, 6) is 0.755. The van der Waals surface area contributed by atoms with Crippen molar-refractivity contribution < 1.29 is 19.7 Å². The molecule has 0 saturated carbocycles. The summed E-state index contributed by atoms with van der Waals surface area (Å²) in [7, 11) is 0. The van der Waals surface area contributed by atoms with Gasteiger partial charge < -0.3 is 25.0 Å². The number of rotatable bonds is 12. The van der Waals surface area contributed by atoms with Gasteiger partial charge >= 0.3 is 0 Å². The molecular weight excluding hydrogens is 342 g/mol. The highest BCUT2D eigenvalue weighted by Gasteiger charge is 2.17. The van der Waals surface area contributed by atoms with Crippen LogP contribution in [0.5, 0.6) is 5.75 Å². The normalized spacial score (nSPS) is 14.3. The zero-order chi connectivity index (χ0) is 19.5. The van der Waals surface area contributed by atoms with Gasteiger partial charge in [-0.05, 0) is 30.2 Å². The molecule has 3 unspecified atom stereocenters. The van der Waals surface area contributed by atoms with E-state index in [9.17, 15) is 10.2 Å². The van der Waals surface area contributed by atoms with Crippen molar-refractivity contribution in [3.05, 3.63) is 78.4 Å². The average molecular weight is 371 g/mol. The van der Waals surface area contributed by atoms with Gasteiger partial charge in [0.05, 0.1) is 25.4 Å². The molecule has 0 spiro atoms. The van der Waals surface area contributed by atoms with Crippen LogP contribution >= 0.6 is 0 Å². The van der Waals surface area contributed by atoms with Crippen molar-refractivity contribution in [1.82, 2.24) is 5.32 Å². The highest BCUT2D eigenvalue weighted by atomic mass is 16.5. The molecule has 0 amide bonds. The van der Waals surface area contributed by atoms with Crippen molar-refractivity contribution in [2.24, 2.45) is 0 Å². The van der Waals surface area contributed by atoms with Crippen molar-refractivity contribution in [3.63, 3.8) is 0 Å². The van der Waals surface area contributed by atoms with Crippen LogP contribution in [0.25, 0.3) is 0 Å². The lowest BCUT2D eigenvalue weighted by atomic mass is 10.0. The maximum atomic E-state index is 10.5. The van der Waals surface area contributed by atoms with Crippen LogP contribution in [0.2, 0.25) is 0 Å². The molecule has 27 heavy (non-hydrogen) atoms. The third-order valence-corrected chi connectivity index (χ3v) is 4.16. The maximum Gasteiger partial charge on any atom is 0.119 e. The summed E-state index contributed by atoms with van der Waals surface area (Å²) >= 11 is 0. The van der Waals surface area contributed by atoms with Crippen molar-refractivity contribution >= 4 is 0 Å². The Kier molecular flexibility index (Phi) is 9.01. The second-order valence-electron chi connectivity index (χ2n) is 6.47. The van der Waals surface area contributed by atoms with E-state index < -0.39 is 12.2 Å². The van der Waals surface area contributed by atoms with Gasteiger partial charge in [0.1, 0.15) is 12.4 Å². The Hall–Kier alpha value is -2.18. The topological polar surface area (TPSA) is 71.0 Å². The molecule has 0 heterocycles. The molecule has 5 heteroatoms. The molecule has 3 N–H and O–H groups in total. The van der Waals surface area contributed by atoms with E-state index in [1.807, 2.05) is 61.5 Å². The Bertz CT molecular complexity index is 660. The molecule has 0 fully saturated rings. The van der Waals surface area contributed by atoms with Gasteiger partial charge in [0.15, 0.2) is 0 Å². The molecule has 5 nitrogen and oxygen atoms in total. The second-order valence-corrected chi connectivity index (χ2v) is 6.47. The Morgan fingerprint density at radius 2 is 1.78 bits per heavy atom. The summed E-state index contributed by atoms with van der Waals surface area (Å²) in [6.45, 7) is 6.92. The lowest BCUT2D eigenvalue weighted by Crippen LogP contribution is -2.39. The van der Waals surface area contributed by atoms with Gasteiger partial charge in [0.25, 0.3) is 0 Å². The predicted molar refractivity (Wildman–Crippen MR) is 107 cm³/mol. The number of ether oxygens (including phenoxy) is 2. The molecule has 0 radical (unpaired) electrons. The first-order chi connectivity index (χ1) is 13.1. The van der Waals surface area contributed by atoms with Gasteiger partial charge in [-0.15, -0.1) is 6.58 Å². The summed E-state index contributed by atoms with van der Waals surface area (Å²) < 4.78 is 11.0. The maximum absolute atomic E-state index is 10.5. The summed E-state index contributed by atoms with van der Waals surface area (Å²) in [5, 5.41) is 23.5. The second kappa shape index (κ2) is 11.5. The molecule has 3 atom stereocenters. The van der Waals surface area contributed by atoms with Gasteiger partial charge in [0, 0.05) is 12.6 Å². The lowest BCUT2D eigenvalue weighted by molar-refractivity contribution is 0.0430. The molecule has 146 valence electrons. The minimum Gasteiger partial charge on any atom is -0.489 e. The zero-order valence-corrected chi connectivity index (χ0v) is 15.8. The van der Waals surface area contributed by atoms with E-state index in [2.05, 4.69) is 11.9 Å². The van der Waals surface area contributed by atoms with Gasteiger partial charge in [-0.1, -0.05) is 48.5 Å². The standard InChI is InChI=1S/C22H29NO4/c1-3-13-26-16-20(24)14-23-17(2)22(25)19-9-11-21(12-10-19)27-15-18-7-5-4-6-8-18/h3-12,17,20,22-25H,1,13-16H2,2H3. The minimum atomic E-state index is -0.686. The molecule has 0 aromatic heterocycles. The molecular formula is C22H29NO4. The quantitative estimate of drug-likeness (QED) is 0.395. The van der Waals surface area contributed by atoms with Crippen molar-refractivity contribution in [2.45, 2.75) is 31.8 Å². The summed E-state index contributed by atoms with van der Waals surface area (Å²) in [5.41, 5.74) is 1.90. The van der Waals surface area contributed by atoms with E-state index in [1.54, 1.807) is 6.08 Å². The Labute approximate surface area is 161 Å². The smallest absolute Gasteiger partial charge is 0.119 e. The molecule has 0 saturated heterocycles. The molecule has 0 aliphatic heterocycles. The third kappa shape index (κ3) is 7.53. The van der Waals surface area contributed by atoms with Crippen LogP contribution in [-0.4, -0.2) is 42.1 Å². The Morgan fingerprint density at radius 1 is 1.07 bits per heavy atom. The van der Waals surface area contributed by atoms with Crippen LogP contribution in [0.4, 0.5) is 0 Å². The molecule has 0 aliphatic rings. The Balaban J connectivity index is 1.78. The first-order valence-corrected chi connectivity index (χ1v) is 9.15. The summed E-state index contributed by atoms with van der Waals surface area (Å²) in [4.78, 5) is 0. The monoisotopic (exact) mass is 371 g/mol. The first kappa shape index (κ1) is 21.1. The first-order valence-electron chi connectivity index (χ1n) is 9.15. The minimum absolute atomic E-state index is 0.213. The Morgan fingerprint density at radius 3 is 2.44 bits per heavy atom.